The van der Waals surface area contributed by atoms with E-state index >= 15 is 0 Å². The molecule has 3 aliphatic rings. The van der Waals surface area contributed by atoms with Crippen LogP contribution in [0.15, 0.2) is 66.9 Å². The van der Waals surface area contributed by atoms with Crippen LogP contribution in [0.4, 0.5) is 5.69 Å². The van der Waals surface area contributed by atoms with E-state index in [9.17, 15) is 14.9 Å². The summed E-state index contributed by atoms with van der Waals surface area (Å²) in [5, 5.41) is 11.0. The summed E-state index contributed by atoms with van der Waals surface area (Å²) >= 11 is 0. The summed E-state index contributed by atoms with van der Waals surface area (Å²) in [5.74, 6) is -1.22. The van der Waals surface area contributed by atoms with Gasteiger partial charge in [0, 0.05) is 17.2 Å². The number of ether oxygens (including phenoxy) is 2. The monoisotopic (exact) mass is 504 g/mol. The number of amides is 2. The molecule has 8 heteroatoms. The number of nitriles is 1. The zero-order chi connectivity index (χ0) is 26.1. The number of para-hydroxylation sites is 2. The minimum atomic E-state index is -0.784. The van der Waals surface area contributed by atoms with Crippen LogP contribution in [0.25, 0.3) is 21.8 Å². The molecule has 2 bridgehead atoms. The number of carbonyl (C=O) groups is 2. The zero-order valence-corrected chi connectivity index (χ0v) is 20.8. The van der Waals surface area contributed by atoms with E-state index in [1.807, 2.05) is 55.5 Å². The van der Waals surface area contributed by atoms with E-state index in [0.29, 0.717) is 41.8 Å². The van der Waals surface area contributed by atoms with Gasteiger partial charge in [0.05, 0.1) is 64.2 Å². The molecular formula is C30H24N4O4. The van der Waals surface area contributed by atoms with Gasteiger partial charge in [0.25, 0.3) is 0 Å². The fraction of sp³-hybridized carbons (Fsp3) is 0.300. The molecule has 0 radical (unpaired) electrons. The Kier molecular flexibility index (Phi) is 4.85. The van der Waals surface area contributed by atoms with E-state index in [-0.39, 0.29) is 18.4 Å². The third kappa shape index (κ3) is 3.12. The van der Waals surface area contributed by atoms with Gasteiger partial charge in [-0.2, -0.15) is 5.26 Å². The van der Waals surface area contributed by atoms with Gasteiger partial charge in [0.2, 0.25) is 17.7 Å². The molecule has 38 heavy (non-hydrogen) atoms. The molecule has 3 aliphatic heterocycles. The molecule has 0 N–H and O–H groups in total. The lowest BCUT2D eigenvalue weighted by molar-refractivity contribution is -0.131. The molecule has 3 fully saturated rings. The first-order chi connectivity index (χ1) is 18.4. The van der Waals surface area contributed by atoms with Crippen LogP contribution >= 0.6 is 0 Å². The van der Waals surface area contributed by atoms with Gasteiger partial charge in [-0.05, 0) is 44.0 Å². The molecule has 3 aromatic carbocycles. The molecule has 4 aromatic rings. The molecule has 8 nitrogen and oxygen atoms in total. The minimum Gasteiger partial charge on any atom is -0.476 e. The van der Waals surface area contributed by atoms with E-state index in [2.05, 4.69) is 16.0 Å². The molecule has 0 saturated carbocycles. The third-order valence-electron chi connectivity index (χ3n) is 8.48. The van der Waals surface area contributed by atoms with Gasteiger partial charge in [-0.3, -0.25) is 9.59 Å². The zero-order valence-electron chi connectivity index (χ0n) is 20.8. The summed E-state index contributed by atoms with van der Waals surface area (Å²) in [6.07, 6.45) is 3.43. The molecule has 3 saturated heterocycles. The topological polar surface area (TPSA) is 105 Å². The first kappa shape index (κ1) is 22.8. The fourth-order valence-electron chi connectivity index (χ4n) is 6.76. The van der Waals surface area contributed by atoms with E-state index in [0.717, 1.165) is 16.4 Å². The van der Waals surface area contributed by atoms with Crippen molar-refractivity contribution in [2.24, 2.45) is 11.8 Å². The number of aromatic nitrogens is 2. The first-order valence-electron chi connectivity index (χ1n) is 12.8. The van der Waals surface area contributed by atoms with E-state index in [1.165, 1.54) is 4.90 Å². The number of fused-ring (bicyclic) bond motifs is 7. The van der Waals surface area contributed by atoms with Crippen molar-refractivity contribution < 1.29 is 19.1 Å². The highest BCUT2D eigenvalue weighted by molar-refractivity contribution is 6.26. The van der Waals surface area contributed by atoms with Gasteiger partial charge in [-0.15, -0.1) is 0 Å². The van der Waals surface area contributed by atoms with E-state index in [1.54, 1.807) is 18.3 Å². The van der Waals surface area contributed by atoms with Gasteiger partial charge >= 0.3 is 0 Å². The second-order valence-electron chi connectivity index (χ2n) is 10.5. The van der Waals surface area contributed by atoms with Gasteiger partial charge in [-0.1, -0.05) is 36.4 Å². The second-order valence-corrected chi connectivity index (χ2v) is 10.5. The number of hydrogen-bond acceptors (Lipinski definition) is 7. The Morgan fingerprint density at radius 2 is 1.74 bits per heavy atom. The summed E-state index contributed by atoms with van der Waals surface area (Å²) in [5.41, 5.74) is 1.06. The van der Waals surface area contributed by atoms with Crippen LogP contribution in [0.2, 0.25) is 0 Å². The standard InChI is InChI=1S/C30H24N4O4/c1-29-12-13-30(38-29,14-15-37-24-17-32-21-8-4-5-9-22(21)33-24)26-25(29)27(35)34(28(26)36)23-11-10-18(16-31)19-6-2-3-7-20(19)23/h2-11,17,25-26H,12-15H2,1H3. The van der Waals surface area contributed by atoms with Crippen LogP contribution in [0.5, 0.6) is 5.88 Å². The van der Waals surface area contributed by atoms with Crippen LogP contribution in [0, 0.1) is 23.2 Å². The van der Waals surface area contributed by atoms with Crippen molar-refractivity contribution in [1.82, 2.24) is 9.97 Å². The van der Waals surface area contributed by atoms with Gasteiger partial charge < -0.3 is 9.47 Å². The summed E-state index contributed by atoms with van der Waals surface area (Å²) in [4.78, 5) is 38.1. The van der Waals surface area contributed by atoms with Crippen LogP contribution in [-0.2, 0) is 14.3 Å². The van der Waals surface area contributed by atoms with Gasteiger partial charge in [-0.25, -0.2) is 14.9 Å². The van der Waals surface area contributed by atoms with Crippen molar-refractivity contribution in [2.75, 3.05) is 11.5 Å². The van der Waals surface area contributed by atoms with Crippen LogP contribution < -0.4 is 9.64 Å². The van der Waals surface area contributed by atoms with Gasteiger partial charge in [0.1, 0.15) is 0 Å². The number of carbonyl (C=O) groups excluding carboxylic acids is 2. The Hall–Kier alpha value is -4.35. The molecule has 188 valence electrons. The summed E-state index contributed by atoms with van der Waals surface area (Å²) < 4.78 is 12.5. The third-order valence-corrected chi connectivity index (χ3v) is 8.48. The Morgan fingerprint density at radius 3 is 2.55 bits per heavy atom. The summed E-state index contributed by atoms with van der Waals surface area (Å²) in [7, 11) is 0. The molecule has 4 atom stereocenters. The van der Waals surface area contributed by atoms with Crippen molar-refractivity contribution in [1.29, 1.82) is 5.26 Å². The Balaban J connectivity index is 1.19. The first-order valence-corrected chi connectivity index (χ1v) is 12.8. The summed E-state index contributed by atoms with van der Waals surface area (Å²) in [6, 6.07) is 20.5. The Morgan fingerprint density at radius 1 is 1.00 bits per heavy atom. The smallest absolute Gasteiger partial charge is 0.240 e. The number of nitrogens with zero attached hydrogens (tertiary/aromatic N) is 4. The van der Waals surface area contributed by atoms with E-state index < -0.39 is 23.0 Å². The Labute approximate surface area is 218 Å². The van der Waals surface area contributed by atoms with Crippen LogP contribution in [0.3, 0.4) is 0 Å². The molecule has 0 aliphatic carbocycles. The van der Waals surface area contributed by atoms with Crippen molar-refractivity contribution in [3.05, 3.63) is 72.4 Å². The maximum absolute atomic E-state index is 14.0. The number of imide groups is 1. The quantitative estimate of drug-likeness (QED) is 0.367. The SMILES string of the molecule is CC12CCC(CCOc3cnc4ccccc4n3)(O1)C1C(=O)N(c3ccc(C#N)c4ccccc34)C(=O)C12. The molecule has 7 rings (SSSR count). The lowest BCUT2D eigenvalue weighted by Gasteiger charge is -2.31. The fourth-order valence-corrected chi connectivity index (χ4v) is 6.76. The minimum absolute atomic E-state index is 0.236. The maximum Gasteiger partial charge on any atom is 0.240 e. The predicted octanol–water partition coefficient (Wildman–Crippen LogP) is 4.55. The van der Waals surface area contributed by atoms with Gasteiger partial charge in [0.15, 0.2) is 0 Å². The average molecular weight is 505 g/mol. The molecule has 1 aromatic heterocycles. The number of anilines is 1. The molecular weight excluding hydrogens is 480 g/mol. The highest BCUT2D eigenvalue weighted by Crippen LogP contribution is 2.62. The van der Waals surface area contributed by atoms with Crippen molar-refractivity contribution in [3.63, 3.8) is 0 Å². The number of benzene rings is 3. The molecule has 4 unspecified atom stereocenters. The second kappa shape index (κ2) is 8.07. The lowest BCUT2D eigenvalue weighted by Crippen LogP contribution is -2.43. The lowest BCUT2D eigenvalue weighted by atomic mass is 9.67. The van der Waals surface area contributed by atoms with Crippen molar-refractivity contribution >= 4 is 39.3 Å². The normalized spacial score (nSPS) is 27.7. The largest absolute Gasteiger partial charge is 0.476 e. The number of hydrogen-bond donors (Lipinski definition) is 0. The summed E-state index contributed by atoms with van der Waals surface area (Å²) in [6.45, 7) is 2.23. The highest BCUT2D eigenvalue weighted by Gasteiger charge is 2.73. The highest BCUT2D eigenvalue weighted by atomic mass is 16.5. The average Bonchev–Trinajstić information content (AvgIpc) is 3.52. The molecule has 2 amide bonds. The van der Waals surface area contributed by atoms with Crippen LogP contribution in [0.1, 0.15) is 31.7 Å². The predicted molar refractivity (Wildman–Crippen MR) is 139 cm³/mol. The van der Waals surface area contributed by atoms with Crippen LogP contribution in [-0.4, -0.2) is 39.6 Å². The van der Waals surface area contributed by atoms with Crippen molar-refractivity contribution in [3.8, 4) is 11.9 Å². The molecule has 4 heterocycles. The molecule has 0 spiro atoms. The maximum atomic E-state index is 14.0. The Bertz CT molecular complexity index is 1700. The number of rotatable bonds is 5. The van der Waals surface area contributed by atoms with Crippen molar-refractivity contribution in [2.45, 2.75) is 37.4 Å². The van der Waals surface area contributed by atoms with E-state index in [4.69, 9.17) is 9.47 Å².